The number of hydrogen-bond donors (Lipinski definition) is 1. The second-order valence-corrected chi connectivity index (χ2v) is 5.52. The number of nitrogens with two attached hydrogens (primary N) is 1. The zero-order valence-corrected chi connectivity index (χ0v) is 11.6. The topological polar surface area (TPSA) is 38.5 Å². The Morgan fingerprint density at radius 1 is 0.900 bits per heavy atom. The smallest absolute Gasteiger partial charge is 0.0995 e. The van der Waals surface area contributed by atoms with Crippen molar-refractivity contribution in [3.63, 3.8) is 0 Å². The molecule has 2 N–H and O–H groups in total. The number of epoxide rings is 1. The van der Waals surface area contributed by atoms with Crippen LogP contribution in [0.15, 0.2) is 60.7 Å². The van der Waals surface area contributed by atoms with Crippen LogP contribution in [-0.2, 0) is 17.6 Å². The number of rotatable bonds is 6. The van der Waals surface area contributed by atoms with E-state index in [9.17, 15) is 0 Å². The van der Waals surface area contributed by atoms with Gasteiger partial charge in [0.15, 0.2) is 0 Å². The maximum absolute atomic E-state index is 6.25. The fourth-order valence-electron chi connectivity index (χ4n) is 2.72. The van der Waals surface area contributed by atoms with Gasteiger partial charge in [0, 0.05) is 6.04 Å². The average molecular weight is 267 g/mol. The van der Waals surface area contributed by atoms with Crippen molar-refractivity contribution in [2.45, 2.75) is 37.5 Å². The number of aryl methyl sites for hydroxylation is 1. The van der Waals surface area contributed by atoms with Crippen molar-refractivity contribution in [1.82, 2.24) is 0 Å². The zero-order valence-electron chi connectivity index (χ0n) is 11.6. The van der Waals surface area contributed by atoms with E-state index in [1.54, 1.807) is 0 Å². The molecule has 3 rings (SSSR count). The molecule has 0 bridgehead atoms. The lowest BCUT2D eigenvalue weighted by Crippen LogP contribution is -2.30. The minimum absolute atomic E-state index is 0.109. The summed E-state index contributed by atoms with van der Waals surface area (Å²) in [6.07, 6.45) is 3.61. The summed E-state index contributed by atoms with van der Waals surface area (Å²) in [4.78, 5) is 0. The van der Waals surface area contributed by atoms with Gasteiger partial charge in [-0.2, -0.15) is 0 Å². The molecular formula is C18H21NO. The van der Waals surface area contributed by atoms with Crippen molar-refractivity contribution in [2.24, 2.45) is 5.73 Å². The highest BCUT2D eigenvalue weighted by Gasteiger charge is 2.42. The zero-order chi connectivity index (χ0) is 13.8. The Morgan fingerprint density at radius 3 is 2.15 bits per heavy atom. The van der Waals surface area contributed by atoms with Crippen LogP contribution in [0, 0.1) is 0 Å². The summed E-state index contributed by atoms with van der Waals surface area (Å²) < 4.78 is 5.75. The normalized spacial score (nSPS) is 22.4. The van der Waals surface area contributed by atoms with E-state index < -0.39 is 0 Å². The van der Waals surface area contributed by atoms with Crippen LogP contribution in [0.5, 0.6) is 0 Å². The first-order valence-corrected chi connectivity index (χ1v) is 7.32. The second kappa shape index (κ2) is 6.21. The summed E-state index contributed by atoms with van der Waals surface area (Å²) in [7, 11) is 0. The predicted molar refractivity (Wildman–Crippen MR) is 81.5 cm³/mol. The van der Waals surface area contributed by atoms with Crippen LogP contribution < -0.4 is 5.73 Å². The van der Waals surface area contributed by atoms with E-state index in [0.717, 1.165) is 19.3 Å². The van der Waals surface area contributed by atoms with Crippen molar-refractivity contribution < 1.29 is 4.74 Å². The van der Waals surface area contributed by atoms with Gasteiger partial charge < -0.3 is 10.5 Å². The first-order valence-electron chi connectivity index (χ1n) is 7.32. The third-order valence-corrected chi connectivity index (χ3v) is 3.92. The van der Waals surface area contributed by atoms with Gasteiger partial charge in [-0.3, -0.25) is 0 Å². The summed E-state index contributed by atoms with van der Waals surface area (Å²) in [5.74, 6) is 0. The van der Waals surface area contributed by atoms with Crippen molar-refractivity contribution >= 4 is 0 Å². The molecule has 0 spiro atoms. The molecule has 3 atom stereocenters. The molecule has 20 heavy (non-hydrogen) atoms. The Kier molecular flexibility index (Phi) is 4.14. The molecule has 1 saturated heterocycles. The third-order valence-electron chi connectivity index (χ3n) is 3.92. The molecule has 2 heteroatoms. The molecule has 0 radical (unpaired) electrons. The molecule has 1 aliphatic heterocycles. The van der Waals surface area contributed by atoms with Gasteiger partial charge >= 0.3 is 0 Å². The van der Waals surface area contributed by atoms with Gasteiger partial charge in [-0.15, -0.1) is 0 Å². The standard InChI is InChI=1S/C18H21NO/c19-16(13-15-9-5-2-6-10-15)18-17(20-18)12-11-14-7-3-1-4-8-14/h1-10,16-18H,11-13,19H2. The van der Waals surface area contributed by atoms with Crippen molar-refractivity contribution in [3.8, 4) is 0 Å². The quantitative estimate of drug-likeness (QED) is 0.817. The van der Waals surface area contributed by atoms with Gasteiger partial charge in [-0.05, 0) is 30.4 Å². The lowest BCUT2D eigenvalue weighted by molar-refractivity contribution is 0.341. The molecular weight excluding hydrogens is 246 g/mol. The molecule has 1 heterocycles. The van der Waals surface area contributed by atoms with Gasteiger partial charge in [0.25, 0.3) is 0 Å². The highest BCUT2D eigenvalue weighted by Crippen LogP contribution is 2.30. The van der Waals surface area contributed by atoms with Gasteiger partial charge in [-0.25, -0.2) is 0 Å². The van der Waals surface area contributed by atoms with Crippen LogP contribution in [-0.4, -0.2) is 18.2 Å². The van der Waals surface area contributed by atoms with Crippen molar-refractivity contribution in [1.29, 1.82) is 0 Å². The van der Waals surface area contributed by atoms with E-state index in [1.165, 1.54) is 11.1 Å². The fourth-order valence-corrected chi connectivity index (χ4v) is 2.72. The highest BCUT2D eigenvalue weighted by atomic mass is 16.6. The van der Waals surface area contributed by atoms with Gasteiger partial charge in [0.1, 0.15) is 0 Å². The van der Waals surface area contributed by atoms with Crippen LogP contribution in [0.1, 0.15) is 17.5 Å². The third kappa shape index (κ3) is 3.47. The summed E-state index contributed by atoms with van der Waals surface area (Å²) in [5, 5.41) is 0. The molecule has 0 amide bonds. The average Bonchev–Trinajstić information content (AvgIpc) is 3.27. The maximum Gasteiger partial charge on any atom is 0.0995 e. The van der Waals surface area contributed by atoms with Gasteiger partial charge in [0.05, 0.1) is 12.2 Å². The van der Waals surface area contributed by atoms with E-state index in [1.807, 2.05) is 6.07 Å². The molecule has 0 saturated carbocycles. The largest absolute Gasteiger partial charge is 0.368 e. The predicted octanol–water partition coefficient (Wildman–Crippen LogP) is 2.96. The lowest BCUT2D eigenvalue weighted by atomic mass is 10.00. The maximum atomic E-state index is 6.25. The van der Waals surface area contributed by atoms with Crippen LogP contribution >= 0.6 is 0 Å². The fraction of sp³-hybridized carbons (Fsp3) is 0.333. The van der Waals surface area contributed by atoms with E-state index in [0.29, 0.717) is 6.10 Å². The Labute approximate surface area is 120 Å². The minimum Gasteiger partial charge on any atom is -0.368 e. The Bertz CT molecular complexity index is 526. The van der Waals surface area contributed by atoms with Crippen LogP contribution in [0.25, 0.3) is 0 Å². The Morgan fingerprint density at radius 2 is 1.50 bits per heavy atom. The van der Waals surface area contributed by atoms with E-state index in [-0.39, 0.29) is 12.1 Å². The SMILES string of the molecule is NC(Cc1ccccc1)C1OC1CCc1ccccc1. The summed E-state index contributed by atoms with van der Waals surface area (Å²) in [5.41, 5.74) is 8.91. The highest BCUT2D eigenvalue weighted by molar-refractivity contribution is 5.18. The minimum atomic E-state index is 0.109. The summed E-state index contributed by atoms with van der Waals surface area (Å²) in [6.45, 7) is 0. The van der Waals surface area contributed by atoms with E-state index >= 15 is 0 Å². The van der Waals surface area contributed by atoms with Crippen molar-refractivity contribution in [2.75, 3.05) is 0 Å². The molecule has 2 aromatic rings. The van der Waals surface area contributed by atoms with E-state index in [2.05, 4.69) is 54.6 Å². The first-order chi connectivity index (χ1) is 9.83. The molecule has 0 aliphatic carbocycles. The molecule has 0 aromatic heterocycles. The van der Waals surface area contributed by atoms with Crippen molar-refractivity contribution in [3.05, 3.63) is 71.8 Å². The number of hydrogen-bond acceptors (Lipinski definition) is 2. The molecule has 104 valence electrons. The number of benzene rings is 2. The summed E-state index contributed by atoms with van der Waals surface area (Å²) >= 11 is 0. The summed E-state index contributed by atoms with van der Waals surface area (Å²) in [6, 6.07) is 21.1. The van der Waals surface area contributed by atoms with Gasteiger partial charge in [-0.1, -0.05) is 60.7 Å². The van der Waals surface area contributed by atoms with E-state index in [4.69, 9.17) is 10.5 Å². The molecule has 2 nitrogen and oxygen atoms in total. The van der Waals surface area contributed by atoms with Gasteiger partial charge in [0.2, 0.25) is 0 Å². The Balaban J connectivity index is 1.44. The lowest BCUT2D eigenvalue weighted by Gasteiger charge is -2.08. The molecule has 2 aromatic carbocycles. The molecule has 1 fully saturated rings. The van der Waals surface area contributed by atoms with Crippen LogP contribution in [0.4, 0.5) is 0 Å². The first kappa shape index (κ1) is 13.3. The molecule has 1 aliphatic rings. The second-order valence-electron chi connectivity index (χ2n) is 5.52. The van der Waals surface area contributed by atoms with Crippen LogP contribution in [0.2, 0.25) is 0 Å². The number of ether oxygens (including phenoxy) is 1. The Hall–Kier alpha value is -1.64. The molecule has 3 unspecified atom stereocenters. The van der Waals surface area contributed by atoms with Crippen LogP contribution in [0.3, 0.4) is 0 Å². The monoisotopic (exact) mass is 267 g/mol.